The number of halogens is 3. The van der Waals surface area contributed by atoms with Crippen molar-refractivity contribution >= 4 is 29.7 Å². The second-order valence-electron chi connectivity index (χ2n) is 12.1. The van der Waals surface area contributed by atoms with E-state index in [-0.39, 0.29) is 25.0 Å². The zero-order valence-corrected chi connectivity index (χ0v) is 23.9. The molecule has 13 heteroatoms. The largest absolute Gasteiger partial charge is 0.469 e. The molecule has 42 heavy (non-hydrogen) atoms. The summed E-state index contributed by atoms with van der Waals surface area (Å²) < 4.78 is 68.5. The van der Waals surface area contributed by atoms with Gasteiger partial charge in [-0.3, -0.25) is 19.2 Å². The summed E-state index contributed by atoms with van der Waals surface area (Å²) in [5, 5.41) is 0. The van der Waals surface area contributed by atoms with Gasteiger partial charge in [0.15, 0.2) is 11.9 Å². The highest BCUT2D eigenvalue weighted by atomic mass is 19.4. The maximum atomic E-state index is 14.0. The lowest BCUT2D eigenvalue weighted by molar-refractivity contribution is -0.207. The first-order chi connectivity index (χ1) is 19.6. The molecule has 2 unspecified atom stereocenters. The first kappa shape index (κ1) is 30.2. The SMILES string of the molecule is CCOC(=O)C1=C(C(F)(F)F)C2C=C([C@@H]3C[C@]4(C)[C@H]5C(=O)[C@@H](OC(C)=O)C[C@@H](C(=O)OC)[C@]5(C)CC[C@H]4C(=O)O3)C1O2. The number of ether oxygens (including phenoxy) is 5. The summed E-state index contributed by atoms with van der Waals surface area (Å²) in [5.41, 5.74) is -3.77. The van der Waals surface area contributed by atoms with E-state index in [1.807, 2.05) is 0 Å². The predicted molar refractivity (Wildman–Crippen MR) is 134 cm³/mol. The predicted octanol–water partition coefficient (Wildman–Crippen LogP) is 3.16. The molecule has 3 heterocycles. The Bertz CT molecular complexity index is 1300. The molecule has 10 nitrogen and oxygen atoms in total. The minimum absolute atomic E-state index is 0.00591. The van der Waals surface area contributed by atoms with Crippen LogP contribution >= 0.6 is 0 Å². The quantitative estimate of drug-likeness (QED) is 0.264. The van der Waals surface area contributed by atoms with E-state index >= 15 is 0 Å². The Morgan fingerprint density at radius 1 is 1.14 bits per heavy atom. The van der Waals surface area contributed by atoms with Gasteiger partial charge in [-0.2, -0.15) is 13.2 Å². The number of fused-ring (bicyclic) bond motifs is 5. The van der Waals surface area contributed by atoms with Crippen LogP contribution in [0.1, 0.15) is 53.4 Å². The lowest BCUT2D eigenvalue weighted by Crippen LogP contribution is -2.65. The van der Waals surface area contributed by atoms with Gasteiger partial charge in [-0.15, -0.1) is 0 Å². The van der Waals surface area contributed by atoms with Crippen molar-refractivity contribution in [2.45, 2.75) is 84.0 Å². The van der Waals surface area contributed by atoms with E-state index in [0.29, 0.717) is 12.8 Å². The van der Waals surface area contributed by atoms with Crippen LogP contribution in [0.3, 0.4) is 0 Å². The van der Waals surface area contributed by atoms with E-state index in [0.717, 1.165) is 6.92 Å². The van der Waals surface area contributed by atoms with Crippen LogP contribution in [0.2, 0.25) is 0 Å². The topological polar surface area (TPSA) is 132 Å². The first-order valence-electron chi connectivity index (χ1n) is 13.9. The lowest BCUT2D eigenvalue weighted by Gasteiger charge is -2.61. The molecule has 0 aromatic carbocycles. The van der Waals surface area contributed by atoms with Gasteiger partial charge in [-0.1, -0.05) is 13.8 Å². The van der Waals surface area contributed by atoms with Crippen LogP contribution in [0.5, 0.6) is 0 Å². The minimum Gasteiger partial charge on any atom is -0.469 e. The summed E-state index contributed by atoms with van der Waals surface area (Å²) in [6.07, 6.45) is -8.49. The number of rotatable bonds is 5. The van der Waals surface area contributed by atoms with Crippen molar-refractivity contribution in [1.29, 1.82) is 0 Å². The number of esters is 4. The highest BCUT2D eigenvalue weighted by Gasteiger charge is 2.68. The Kier molecular flexibility index (Phi) is 7.35. The molecule has 3 fully saturated rings. The molecule has 2 bridgehead atoms. The van der Waals surface area contributed by atoms with E-state index in [1.54, 1.807) is 13.8 Å². The smallest absolute Gasteiger partial charge is 0.416 e. The zero-order chi connectivity index (χ0) is 30.9. The van der Waals surface area contributed by atoms with Crippen molar-refractivity contribution in [1.82, 2.24) is 0 Å². The number of Topliss-reactive ketones (excluding diaryl/α,β-unsaturated/α-hetero) is 1. The molecular weight excluding hydrogens is 565 g/mol. The van der Waals surface area contributed by atoms with E-state index in [2.05, 4.69) is 0 Å². The monoisotopic (exact) mass is 598 g/mol. The number of methoxy groups -OCH3 is 1. The number of carbonyl (C=O) groups excluding carboxylic acids is 5. The van der Waals surface area contributed by atoms with Gasteiger partial charge in [-0.05, 0) is 43.1 Å². The van der Waals surface area contributed by atoms with Crippen LogP contribution in [0.25, 0.3) is 0 Å². The van der Waals surface area contributed by atoms with Gasteiger partial charge >= 0.3 is 30.1 Å². The summed E-state index contributed by atoms with van der Waals surface area (Å²) in [7, 11) is 1.23. The van der Waals surface area contributed by atoms with E-state index in [4.69, 9.17) is 23.7 Å². The maximum Gasteiger partial charge on any atom is 0.416 e. The molecular formula is C29H33F3O10. The van der Waals surface area contributed by atoms with Crippen LogP contribution < -0.4 is 0 Å². The fourth-order valence-corrected chi connectivity index (χ4v) is 8.23. The third kappa shape index (κ3) is 4.46. The molecule has 5 aliphatic rings. The average molecular weight is 599 g/mol. The van der Waals surface area contributed by atoms with Gasteiger partial charge < -0.3 is 23.7 Å². The number of ketones is 1. The van der Waals surface area contributed by atoms with E-state index in [9.17, 15) is 37.1 Å². The van der Waals surface area contributed by atoms with Crippen molar-refractivity contribution in [3.05, 3.63) is 22.8 Å². The van der Waals surface area contributed by atoms with Crippen molar-refractivity contribution < 1.29 is 60.8 Å². The van der Waals surface area contributed by atoms with Crippen LogP contribution in [-0.4, -0.2) is 74.0 Å². The summed E-state index contributed by atoms with van der Waals surface area (Å²) in [5.74, 6) is -6.07. The fraction of sp³-hybridized carbons (Fsp3) is 0.690. The molecule has 0 N–H and O–H groups in total. The molecule has 9 atom stereocenters. The molecule has 5 rings (SSSR count). The number of carbonyl (C=O) groups is 5. The van der Waals surface area contributed by atoms with Crippen LogP contribution in [0, 0.1) is 28.6 Å². The number of cyclic esters (lactones) is 1. The second kappa shape index (κ2) is 10.2. The molecule has 0 aromatic heterocycles. The maximum absolute atomic E-state index is 14.0. The van der Waals surface area contributed by atoms with Crippen LogP contribution in [-0.2, 0) is 47.7 Å². The Morgan fingerprint density at radius 3 is 2.43 bits per heavy atom. The average Bonchev–Trinajstić information content (AvgIpc) is 3.48. The van der Waals surface area contributed by atoms with Crippen molar-refractivity contribution in [2.24, 2.45) is 28.6 Å². The molecule has 2 saturated carbocycles. The zero-order valence-electron chi connectivity index (χ0n) is 23.9. The number of hydrogen-bond acceptors (Lipinski definition) is 10. The second-order valence-corrected chi connectivity index (χ2v) is 12.1. The van der Waals surface area contributed by atoms with Crippen molar-refractivity contribution in [3.63, 3.8) is 0 Å². The molecule has 0 aromatic rings. The summed E-state index contributed by atoms with van der Waals surface area (Å²) in [4.78, 5) is 65.1. The minimum atomic E-state index is -4.86. The lowest BCUT2D eigenvalue weighted by atomic mass is 9.43. The molecule has 3 aliphatic heterocycles. The fourth-order valence-electron chi connectivity index (χ4n) is 8.23. The number of alkyl halides is 3. The number of hydrogen-bond donors (Lipinski definition) is 0. The highest BCUT2D eigenvalue weighted by Crippen LogP contribution is 2.65. The van der Waals surface area contributed by atoms with Gasteiger partial charge in [0, 0.05) is 24.8 Å². The Morgan fingerprint density at radius 2 is 1.83 bits per heavy atom. The Labute approximate surface area is 239 Å². The first-order valence-corrected chi connectivity index (χ1v) is 13.9. The molecule has 1 saturated heterocycles. The third-order valence-electron chi connectivity index (χ3n) is 9.84. The third-order valence-corrected chi connectivity index (χ3v) is 9.84. The summed E-state index contributed by atoms with van der Waals surface area (Å²) >= 11 is 0. The van der Waals surface area contributed by atoms with Gasteiger partial charge in [0.1, 0.15) is 18.3 Å². The Balaban J connectivity index is 1.54. The van der Waals surface area contributed by atoms with Gasteiger partial charge in [-0.25, -0.2) is 4.79 Å². The molecule has 0 spiro atoms. The van der Waals surface area contributed by atoms with Gasteiger partial charge in [0.05, 0.1) is 36.7 Å². The van der Waals surface area contributed by atoms with Crippen molar-refractivity contribution in [2.75, 3.05) is 13.7 Å². The standard InChI is InChI=1S/C29H33F3O10/c1-6-39-26(37)19-20(29(30,31)32)16-9-13(22(19)41-16)18-11-28(4)14(25(36)42-18)7-8-27(3)15(24(35)38-5)10-17(40-12(2)33)21(34)23(27)28/h9,14-18,22-23H,6-8,10-11H2,1-5H3/t14-,15-,16?,17-,18-,22?,23-,27-,28-/m0/s1. The van der Waals surface area contributed by atoms with Crippen LogP contribution in [0.15, 0.2) is 22.8 Å². The highest BCUT2D eigenvalue weighted by molar-refractivity contribution is 5.94. The van der Waals surface area contributed by atoms with E-state index in [1.165, 1.54) is 20.1 Å². The van der Waals surface area contributed by atoms with Crippen molar-refractivity contribution in [3.8, 4) is 0 Å². The molecule has 0 amide bonds. The molecule has 2 aliphatic carbocycles. The molecule has 0 radical (unpaired) electrons. The summed E-state index contributed by atoms with van der Waals surface area (Å²) in [6.45, 7) is 5.98. The van der Waals surface area contributed by atoms with E-state index < -0.39 is 100.0 Å². The van der Waals surface area contributed by atoms with Gasteiger partial charge in [0.2, 0.25) is 0 Å². The molecule has 230 valence electrons. The van der Waals surface area contributed by atoms with Gasteiger partial charge in [0.25, 0.3) is 0 Å². The normalized spacial score (nSPS) is 39.1. The summed E-state index contributed by atoms with van der Waals surface area (Å²) in [6, 6.07) is 0. The Hall–Kier alpha value is -3.22. The van der Waals surface area contributed by atoms with Crippen LogP contribution in [0.4, 0.5) is 13.2 Å².